The molecule has 0 heterocycles. The Labute approximate surface area is 98.9 Å². The van der Waals surface area contributed by atoms with Gasteiger partial charge in [-0.1, -0.05) is 31.9 Å². The molecular formula is C10H8Br2O2. The molecule has 0 bridgehead atoms. The van der Waals surface area contributed by atoms with Crippen molar-refractivity contribution < 1.29 is 9.53 Å². The molecule has 14 heavy (non-hydrogen) atoms. The fourth-order valence-corrected chi connectivity index (χ4v) is 2.71. The summed E-state index contributed by atoms with van der Waals surface area (Å²) in [5.74, 6) is 0.772. The molecule has 0 amide bonds. The van der Waals surface area contributed by atoms with E-state index in [1.165, 1.54) is 0 Å². The topological polar surface area (TPSA) is 26.3 Å². The average molecular weight is 320 g/mol. The molecule has 0 N–H and O–H groups in total. The zero-order valence-electron chi connectivity index (χ0n) is 7.51. The van der Waals surface area contributed by atoms with Gasteiger partial charge < -0.3 is 4.74 Å². The standard InChI is InChI=1S/C10H8Br2O2/c1-14-8-3-2-6(11)5-4-7(12)10(13)9(5)8/h2-3,7H,4H2,1H3. The van der Waals surface area contributed by atoms with Gasteiger partial charge in [-0.25, -0.2) is 0 Å². The third kappa shape index (κ3) is 1.41. The fourth-order valence-electron chi connectivity index (χ4n) is 1.67. The van der Waals surface area contributed by atoms with Gasteiger partial charge in [-0.2, -0.15) is 0 Å². The number of rotatable bonds is 1. The summed E-state index contributed by atoms with van der Waals surface area (Å²) in [6.07, 6.45) is 0.728. The summed E-state index contributed by atoms with van der Waals surface area (Å²) in [5, 5.41) is 0. The molecule has 0 aliphatic heterocycles. The summed E-state index contributed by atoms with van der Waals surface area (Å²) in [5.41, 5.74) is 1.75. The van der Waals surface area contributed by atoms with Crippen molar-refractivity contribution in [3.05, 3.63) is 27.7 Å². The highest BCUT2D eigenvalue weighted by molar-refractivity contribution is 9.10. The van der Waals surface area contributed by atoms with Crippen molar-refractivity contribution in [3.63, 3.8) is 0 Å². The summed E-state index contributed by atoms with van der Waals surface area (Å²) in [6, 6.07) is 3.72. The molecule has 1 aromatic rings. The zero-order chi connectivity index (χ0) is 10.3. The van der Waals surface area contributed by atoms with E-state index in [9.17, 15) is 4.79 Å². The number of Topliss-reactive ketones (excluding diaryl/α,β-unsaturated/α-hetero) is 1. The summed E-state index contributed by atoms with van der Waals surface area (Å²) < 4.78 is 6.14. The van der Waals surface area contributed by atoms with Gasteiger partial charge in [0.25, 0.3) is 0 Å². The minimum absolute atomic E-state index is 0.106. The van der Waals surface area contributed by atoms with Crippen LogP contribution in [-0.4, -0.2) is 17.7 Å². The van der Waals surface area contributed by atoms with Gasteiger partial charge in [0.2, 0.25) is 0 Å². The molecule has 0 saturated heterocycles. The largest absolute Gasteiger partial charge is 0.496 e. The molecule has 4 heteroatoms. The van der Waals surface area contributed by atoms with Crippen molar-refractivity contribution in [2.45, 2.75) is 11.2 Å². The van der Waals surface area contributed by atoms with Crippen molar-refractivity contribution in [1.29, 1.82) is 0 Å². The number of ether oxygens (including phenoxy) is 1. The van der Waals surface area contributed by atoms with Crippen LogP contribution < -0.4 is 4.74 Å². The van der Waals surface area contributed by atoms with E-state index >= 15 is 0 Å². The molecule has 0 aromatic heterocycles. The SMILES string of the molecule is COc1ccc(Br)c2c1C(=O)C(Br)C2. The van der Waals surface area contributed by atoms with Crippen LogP contribution in [0.25, 0.3) is 0 Å². The van der Waals surface area contributed by atoms with E-state index < -0.39 is 0 Å². The Morgan fingerprint density at radius 2 is 2.21 bits per heavy atom. The lowest BCUT2D eigenvalue weighted by atomic mass is 10.1. The van der Waals surface area contributed by atoms with Crippen molar-refractivity contribution in [2.24, 2.45) is 0 Å². The average Bonchev–Trinajstić information content (AvgIpc) is 2.47. The Balaban J connectivity index is 2.65. The molecule has 0 fully saturated rings. The molecule has 0 radical (unpaired) electrons. The molecule has 2 nitrogen and oxygen atoms in total. The number of benzene rings is 1. The minimum Gasteiger partial charge on any atom is -0.496 e. The van der Waals surface area contributed by atoms with Gasteiger partial charge in [0.1, 0.15) is 5.75 Å². The maximum atomic E-state index is 11.8. The van der Waals surface area contributed by atoms with Gasteiger partial charge in [0.05, 0.1) is 17.5 Å². The molecule has 1 aliphatic rings. The second kappa shape index (κ2) is 3.66. The second-order valence-corrected chi connectivity index (χ2v) is 5.10. The molecule has 2 rings (SSSR count). The number of halogens is 2. The van der Waals surface area contributed by atoms with E-state index in [4.69, 9.17) is 4.74 Å². The van der Waals surface area contributed by atoms with Gasteiger partial charge >= 0.3 is 0 Å². The Bertz CT molecular complexity index is 401. The lowest BCUT2D eigenvalue weighted by Crippen LogP contribution is -2.07. The third-order valence-corrected chi connectivity index (χ3v) is 3.83. The van der Waals surface area contributed by atoms with Crippen LogP contribution in [0, 0.1) is 0 Å². The molecule has 1 aliphatic carbocycles. The smallest absolute Gasteiger partial charge is 0.180 e. The van der Waals surface area contributed by atoms with Crippen LogP contribution in [-0.2, 0) is 6.42 Å². The lowest BCUT2D eigenvalue weighted by Gasteiger charge is -2.06. The zero-order valence-corrected chi connectivity index (χ0v) is 10.7. The molecular weight excluding hydrogens is 312 g/mol. The molecule has 1 atom stereocenters. The first-order chi connectivity index (χ1) is 6.65. The Morgan fingerprint density at radius 3 is 2.86 bits per heavy atom. The lowest BCUT2D eigenvalue weighted by molar-refractivity contribution is 0.0999. The summed E-state index contributed by atoms with van der Waals surface area (Å²) in [7, 11) is 1.58. The van der Waals surface area contributed by atoms with E-state index in [0.29, 0.717) is 11.3 Å². The molecule has 0 spiro atoms. The summed E-state index contributed by atoms with van der Waals surface area (Å²) in [6.45, 7) is 0. The van der Waals surface area contributed by atoms with Crippen LogP contribution in [0.1, 0.15) is 15.9 Å². The highest BCUT2D eigenvalue weighted by atomic mass is 79.9. The third-order valence-electron chi connectivity index (χ3n) is 2.35. The van der Waals surface area contributed by atoms with E-state index in [-0.39, 0.29) is 10.6 Å². The van der Waals surface area contributed by atoms with Crippen LogP contribution >= 0.6 is 31.9 Å². The van der Waals surface area contributed by atoms with Crippen molar-refractivity contribution in [2.75, 3.05) is 7.11 Å². The number of hydrogen-bond donors (Lipinski definition) is 0. The van der Waals surface area contributed by atoms with Crippen LogP contribution in [0.15, 0.2) is 16.6 Å². The minimum atomic E-state index is -0.106. The summed E-state index contributed by atoms with van der Waals surface area (Å²) >= 11 is 6.79. The first-order valence-corrected chi connectivity index (χ1v) is 5.89. The van der Waals surface area contributed by atoms with Gasteiger partial charge in [-0.05, 0) is 24.1 Å². The highest BCUT2D eigenvalue weighted by Crippen LogP contribution is 2.37. The summed E-state index contributed by atoms with van der Waals surface area (Å²) in [4.78, 5) is 11.7. The van der Waals surface area contributed by atoms with Gasteiger partial charge in [-0.15, -0.1) is 0 Å². The number of carbonyl (C=O) groups excluding carboxylic acids is 1. The van der Waals surface area contributed by atoms with Gasteiger partial charge in [0, 0.05) is 4.47 Å². The van der Waals surface area contributed by atoms with Gasteiger partial charge in [0.15, 0.2) is 5.78 Å². The number of hydrogen-bond acceptors (Lipinski definition) is 2. The van der Waals surface area contributed by atoms with E-state index in [0.717, 1.165) is 16.5 Å². The molecule has 74 valence electrons. The quantitative estimate of drug-likeness (QED) is 0.744. The second-order valence-electron chi connectivity index (χ2n) is 3.14. The number of carbonyl (C=O) groups is 1. The normalized spacial score (nSPS) is 19.6. The van der Waals surface area contributed by atoms with Crippen molar-refractivity contribution in [3.8, 4) is 5.75 Å². The highest BCUT2D eigenvalue weighted by Gasteiger charge is 2.32. The van der Waals surface area contributed by atoms with Crippen molar-refractivity contribution in [1.82, 2.24) is 0 Å². The van der Waals surface area contributed by atoms with E-state index in [2.05, 4.69) is 31.9 Å². The number of ketones is 1. The van der Waals surface area contributed by atoms with Crippen LogP contribution in [0.2, 0.25) is 0 Å². The fraction of sp³-hybridized carbons (Fsp3) is 0.300. The van der Waals surface area contributed by atoms with Crippen LogP contribution in [0.5, 0.6) is 5.75 Å². The van der Waals surface area contributed by atoms with E-state index in [1.54, 1.807) is 7.11 Å². The predicted molar refractivity (Wildman–Crippen MR) is 61.4 cm³/mol. The monoisotopic (exact) mass is 318 g/mol. The number of fused-ring (bicyclic) bond motifs is 1. The maximum absolute atomic E-state index is 11.8. The maximum Gasteiger partial charge on any atom is 0.180 e. The Kier molecular flexibility index (Phi) is 2.66. The number of methoxy groups -OCH3 is 1. The van der Waals surface area contributed by atoms with Crippen LogP contribution in [0.4, 0.5) is 0 Å². The first kappa shape index (κ1) is 10.2. The first-order valence-electron chi connectivity index (χ1n) is 4.18. The predicted octanol–water partition coefficient (Wildman–Crippen LogP) is 2.96. The number of alkyl halides is 1. The van der Waals surface area contributed by atoms with E-state index in [1.807, 2.05) is 12.1 Å². The van der Waals surface area contributed by atoms with Crippen molar-refractivity contribution >= 4 is 37.6 Å². The molecule has 1 unspecified atom stereocenters. The van der Waals surface area contributed by atoms with Crippen LogP contribution in [0.3, 0.4) is 0 Å². The Hall–Kier alpha value is -0.350. The molecule has 1 aromatic carbocycles. The Morgan fingerprint density at radius 1 is 1.50 bits per heavy atom. The molecule has 0 saturated carbocycles. The van der Waals surface area contributed by atoms with Gasteiger partial charge in [-0.3, -0.25) is 4.79 Å².